The molecule has 3 rings (SSSR count). The number of benzene rings is 1. The Bertz CT molecular complexity index is 367. The van der Waals surface area contributed by atoms with Crippen LogP contribution in [0.2, 0.25) is 0 Å². The van der Waals surface area contributed by atoms with Crippen LogP contribution in [0.4, 0.5) is 0 Å². The summed E-state index contributed by atoms with van der Waals surface area (Å²) in [6.07, 6.45) is 10.8. The van der Waals surface area contributed by atoms with Crippen LogP contribution in [-0.2, 0) is 12.8 Å². The van der Waals surface area contributed by atoms with E-state index in [-0.39, 0.29) is 0 Å². The molecule has 1 aromatic rings. The zero-order valence-electron chi connectivity index (χ0n) is 11.3. The van der Waals surface area contributed by atoms with Crippen molar-refractivity contribution in [2.75, 3.05) is 0 Å². The van der Waals surface area contributed by atoms with Gasteiger partial charge in [0.05, 0.1) is 0 Å². The molecule has 0 radical (unpaired) electrons. The quantitative estimate of drug-likeness (QED) is 0.860. The fourth-order valence-corrected chi connectivity index (χ4v) is 3.90. The summed E-state index contributed by atoms with van der Waals surface area (Å²) in [5.74, 6) is 1.61. The molecular weight excluding hydrogens is 218 g/mol. The van der Waals surface area contributed by atoms with Crippen molar-refractivity contribution in [2.45, 2.75) is 57.4 Å². The molecule has 2 aliphatic carbocycles. The second kappa shape index (κ2) is 5.44. The van der Waals surface area contributed by atoms with Crippen LogP contribution in [0.5, 0.6) is 0 Å². The zero-order valence-corrected chi connectivity index (χ0v) is 11.3. The average molecular weight is 243 g/mol. The van der Waals surface area contributed by atoms with E-state index in [9.17, 15) is 0 Å². The molecule has 0 aromatic heterocycles. The fourth-order valence-electron chi connectivity index (χ4n) is 3.90. The van der Waals surface area contributed by atoms with Gasteiger partial charge in [-0.2, -0.15) is 0 Å². The Hall–Kier alpha value is -0.820. The zero-order chi connectivity index (χ0) is 12.4. The lowest BCUT2D eigenvalue weighted by Crippen LogP contribution is -2.33. The lowest BCUT2D eigenvalue weighted by Gasteiger charge is -2.27. The second-order valence-corrected chi connectivity index (χ2v) is 6.34. The van der Waals surface area contributed by atoms with Crippen LogP contribution in [0.3, 0.4) is 0 Å². The molecule has 2 N–H and O–H groups in total. The van der Waals surface area contributed by atoms with E-state index < -0.39 is 0 Å². The molecule has 2 aliphatic rings. The van der Waals surface area contributed by atoms with Crippen LogP contribution < -0.4 is 5.73 Å². The van der Waals surface area contributed by atoms with Crippen molar-refractivity contribution in [1.29, 1.82) is 0 Å². The van der Waals surface area contributed by atoms with E-state index in [0.717, 1.165) is 5.92 Å². The third-order valence-electron chi connectivity index (χ3n) is 5.02. The van der Waals surface area contributed by atoms with Gasteiger partial charge in [-0.15, -0.1) is 0 Å². The molecule has 0 bridgehead atoms. The summed E-state index contributed by atoms with van der Waals surface area (Å²) in [5.41, 5.74) is 9.58. The van der Waals surface area contributed by atoms with Crippen LogP contribution in [0.15, 0.2) is 24.3 Å². The summed E-state index contributed by atoms with van der Waals surface area (Å²) in [5, 5.41) is 0. The maximum absolute atomic E-state index is 6.49. The van der Waals surface area contributed by atoms with Gasteiger partial charge in [-0.25, -0.2) is 0 Å². The molecule has 0 amide bonds. The van der Waals surface area contributed by atoms with Gasteiger partial charge < -0.3 is 5.73 Å². The first-order valence-electron chi connectivity index (χ1n) is 7.65. The standard InChI is InChI=1S/C17H25N/c18-17(10-13-6-2-1-3-7-13)16-11-14-8-4-5-9-15(14)12-16/h4-5,8-9,13,16-17H,1-3,6-7,10-12,18H2. The number of nitrogens with two attached hydrogens (primary N) is 1. The van der Waals surface area contributed by atoms with Gasteiger partial charge in [-0.05, 0) is 42.2 Å². The smallest absolute Gasteiger partial charge is 0.00761 e. The van der Waals surface area contributed by atoms with Crippen molar-refractivity contribution in [1.82, 2.24) is 0 Å². The fraction of sp³-hybridized carbons (Fsp3) is 0.647. The summed E-state index contributed by atoms with van der Waals surface area (Å²) < 4.78 is 0. The van der Waals surface area contributed by atoms with E-state index in [0.29, 0.717) is 12.0 Å². The lowest BCUT2D eigenvalue weighted by atomic mass is 9.81. The van der Waals surface area contributed by atoms with Crippen LogP contribution in [-0.4, -0.2) is 6.04 Å². The normalized spacial score (nSPS) is 22.9. The van der Waals surface area contributed by atoms with E-state index >= 15 is 0 Å². The highest BCUT2D eigenvalue weighted by atomic mass is 14.7. The molecular formula is C17H25N. The van der Waals surface area contributed by atoms with E-state index in [2.05, 4.69) is 24.3 Å². The highest BCUT2D eigenvalue weighted by Gasteiger charge is 2.28. The summed E-state index contributed by atoms with van der Waals surface area (Å²) in [4.78, 5) is 0. The van der Waals surface area contributed by atoms with Gasteiger partial charge in [0, 0.05) is 6.04 Å². The van der Waals surface area contributed by atoms with Crippen molar-refractivity contribution in [2.24, 2.45) is 17.6 Å². The minimum atomic E-state index is 0.417. The Kier molecular flexibility index (Phi) is 3.69. The van der Waals surface area contributed by atoms with Gasteiger partial charge in [0.25, 0.3) is 0 Å². The summed E-state index contributed by atoms with van der Waals surface area (Å²) >= 11 is 0. The Balaban J connectivity index is 1.56. The van der Waals surface area contributed by atoms with Gasteiger partial charge in [0.1, 0.15) is 0 Å². The Morgan fingerprint density at radius 3 is 2.22 bits per heavy atom. The van der Waals surface area contributed by atoms with Crippen molar-refractivity contribution >= 4 is 0 Å². The number of hydrogen-bond donors (Lipinski definition) is 1. The first-order valence-corrected chi connectivity index (χ1v) is 7.65. The monoisotopic (exact) mass is 243 g/mol. The van der Waals surface area contributed by atoms with E-state index in [1.54, 1.807) is 11.1 Å². The van der Waals surface area contributed by atoms with Crippen LogP contribution >= 0.6 is 0 Å². The molecule has 0 aliphatic heterocycles. The lowest BCUT2D eigenvalue weighted by molar-refractivity contribution is 0.283. The third kappa shape index (κ3) is 2.61. The predicted molar refractivity (Wildman–Crippen MR) is 76.5 cm³/mol. The first kappa shape index (κ1) is 12.2. The van der Waals surface area contributed by atoms with Crippen molar-refractivity contribution in [3.05, 3.63) is 35.4 Å². The maximum Gasteiger partial charge on any atom is 0.00761 e. The van der Waals surface area contributed by atoms with Gasteiger partial charge in [-0.3, -0.25) is 0 Å². The molecule has 0 heterocycles. The molecule has 1 heteroatoms. The third-order valence-corrected chi connectivity index (χ3v) is 5.02. The van der Waals surface area contributed by atoms with Gasteiger partial charge in [-0.1, -0.05) is 56.4 Å². The Morgan fingerprint density at radius 2 is 1.61 bits per heavy atom. The molecule has 1 unspecified atom stereocenters. The number of hydrogen-bond acceptors (Lipinski definition) is 1. The highest BCUT2D eigenvalue weighted by molar-refractivity contribution is 5.32. The molecule has 1 nitrogen and oxygen atoms in total. The average Bonchev–Trinajstić information content (AvgIpc) is 2.84. The minimum Gasteiger partial charge on any atom is -0.327 e. The molecule has 1 fully saturated rings. The first-order chi connectivity index (χ1) is 8.83. The summed E-state index contributed by atoms with van der Waals surface area (Å²) in [6, 6.07) is 9.30. The van der Waals surface area contributed by atoms with Gasteiger partial charge in [0.15, 0.2) is 0 Å². The molecule has 1 saturated carbocycles. The molecule has 1 atom stereocenters. The SMILES string of the molecule is NC(CC1CCCCC1)C1Cc2ccccc2C1. The molecule has 1 aromatic carbocycles. The number of fused-ring (bicyclic) bond motifs is 1. The van der Waals surface area contributed by atoms with E-state index in [1.165, 1.54) is 51.4 Å². The largest absolute Gasteiger partial charge is 0.327 e. The topological polar surface area (TPSA) is 26.0 Å². The van der Waals surface area contributed by atoms with Crippen molar-refractivity contribution in [3.63, 3.8) is 0 Å². The van der Waals surface area contributed by atoms with Crippen LogP contribution in [0.1, 0.15) is 49.7 Å². The van der Waals surface area contributed by atoms with Gasteiger partial charge >= 0.3 is 0 Å². The van der Waals surface area contributed by atoms with Crippen LogP contribution in [0, 0.1) is 11.8 Å². The van der Waals surface area contributed by atoms with Crippen molar-refractivity contribution in [3.8, 4) is 0 Å². The summed E-state index contributed by atoms with van der Waals surface area (Å²) in [7, 11) is 0. The van der Waals surface area contributed by atoms with E-state index in [4.69, 9.17) is 5.73 Å². The Labute approximate surface area is 111 Å². The minimum absolute atomic E-state index is 0.417. The number of rotatable bonds is 3. The molecule has 0 saturated heterocycles. The predicted octanol–water partition coefficient (Wildman–Crippen LogP) is 3.70. The Morgan fingerprint density at radius 1 is 1.00 bits per heavy atom. The second-order valence-electron chi connectivity index (χ2n) is 6.34. The molecule has 98 valence electrons. The maximum atomic E-state index is 6.49. The molecule has 18 heavy (non-hydrogen) atoms. The highest BCUT2D eigenvalue weighted by Crippen LogP contribution is 2.33. The summed E-state index contributed by atoms with van der Waals surface area (Å²) in [6.45, 7) is 0. The van der Waals surface area contributed by atoms with Crippen molar-refractivity contribution < 1.29 is 0 Å². The van der Waals surface area contributed by atoms with Gasteiger partial charge in [0.2, 0.25) is 0 Å². The molecule has 0 spiro atoms. The van der Waals surface area contributed by atoms with Crippen LogP contribution in [0.25, 0.3) is 0 Å². The van der Waals surface area contributed by atoms with E-state index in [1.807, 2.05) is 0 Å².